The van der Waals surface area contributed by atoms with Gasteiger partial charge in [-0.1, -0.05) is 0 Å². The lowest BCUT2D eigenvalue weighted by atomic mass is 10.3. The van der Waals surface area contributed by atoms with Crippen molar-refractivity contribution >= 4 is 11.0 Å². The van der Waals surface area contributed by atoms with Crippen LogP contribution in [0.5, 0.6) is 0 Å². The third-order valence-electron chi connectivity index (χ3n) is 2.28. The van der Waals surface area contributed by atoms with Gasteiger partial charge < -0.3 is 10.3 Å². The van der Waals surface area contributed by atoms with Gasteiger partial charge in [0.25, 0.3) is 0 Å². The van der Waals surface area contributed by atoms with Crippen LogP contribution in [0.2, 0.25) is 0 Å². The maximum atomic E-state index is 12.9. The molecule has 0 spiro atoms. The molecule has 0 saturated heterocycles. The lowest BCUT2D eigenvalue weighted by molar-refractivity contribution is 0.629. The first-order valence-corrected chi connectivity index (χ1v) is 4.47. The summed E-state index contributed by atoms with van der Waals surface area (Å²) in [6, 6.07) is 4.41. The van der Waals surface area contributed by atoms with Gasteiger partial charge in [0.2, 0.25) is 0 Å². The van der Waals surface area contributed by atoms with E-state index in [1.165, 1.54) is 12.1 Å². The first-order valence-electron chi connectivity index (χ1n) is 4.47. The number of nitrogens with zero attached hydrogens (tertiary/aromatic N) is 2. The molecular formula is C10H12FN3. The summed E-state index contributed by atoms with van der Waals surface area (Å²) in [4.78, 5) is 4.27. The summed E-state index contributed by atoms with van der Waals surface area (Å²) in [5.41, 5.74) is 7.29. The van der Waals surface area contributed by atoms with Crippen molar-refractivity contribution in [2.75, 3.05) is 0 Å². The van der Waals surface area contributed by atoms with Gasteiger partial charge in [0.05, 0.1) is 17.1 Å². The molecule has 0 saturated carbocycles. The van der Waals surface area contributed by atoms with E-state index in [1.54, 1.807) is 6.07 Å². The Morgan fingerprint density at radius 3 is 2.86 bits per heavy atom. The van der Waals surface area contributed by atoms with Crippen molar-refractivity contribution in [3.05, 3.63) is 29.8 Å². The molecule has 0 unspecified atom stereocenters. The van der Waals surface area contributed by atoms with Crippen molar-refractivity contribution in [1.82, 2.24) is 9.55 Å². The zero-order chi connectivity index (χ0) is 10.3. The fraction of sp³-hybridized carbons (Fsp3) is 0.300. The predicted molar refractivity (Wildman–Crippen MR) is 53.3 cm³/mol. The molecule has 2 aromatic rings. The molecule has 0 amide bonds. The molecule has 2 rings (SSSR count). The Hall–Kier alpha value is -1.42. The maximum absolute atomic E-state index is 12.9. The number of benzene rings is 1. The lowest BCUT2D eigenvalue weighted by Gasteiger charge is -2.04. The highest BCUT2D eigenvalue weighted by atomic mass is 19.1. The fourth-order valence-corrected chi connectivity index (χ4v) is 1.60. The quantitative estimate of drug-likeness (QED) is 0.749. The van der Waals surface area contributed by atoms with Gasteiger partial charge in [-0.2, -0.15) is 0 Å². The van der Waals surface area contributed by atoms with Gasteiger partial charge in [0, 0.05) is 13.1 Å². The third-order valence-corrected chi connectivity index (χ3v) is 2.28. The van der Waals surface area contributed by atoms with Crippen LogP contribution in [-0.2, 0) is 7.05 Å². The highest BCUT2D eigenvalue weighted by Crippen LogP contribution is 2.18. The molecule has 74 valence electrons. The smallest absolute Gasteiger partial charge is 0.126 e. The first kappa shape index (κ1) is 9.15. The van der Waals surface area contributed by atoms with E-state index in [9.17, 15) is 4.39 Å². The Morgan fingerprint density at radius 1 is 1.50 bits per heavy atom. The van der Waals surface area contributed by atoms with Crippen molar-refractivity contribution in [2.45, 2.75) is 13.0 Å². The van der Waals surface area contributed by atoms with E-state index in [0.717, 1.165) is 11.3 Å². The van der Waals surface area contributed by atoms with E-state index in [2.05, 4.69) is 4.98 Å². The van der Waals surface area contributed by atoms with E-state index in [-0.39, 0.29) is 11.9 Å². The summed E-state index contributed by atoms with van der Waals surface area (Å²) in [7, 11) is 1.88. The van der Waals surface area contributed by atoms with Crippen molar-refractivity contribution in [3.8, 4) is 0 Å². The van der Waals surface area contributed by atoms with Gasteiger partial charge in [-0.05, 0) is 19.1 Å². The number of imidazole rings is 1. The highest BCUT2D eigenvalue weighted by Gasteiger charge is 2.10. The van der Waals surface area contributed by atoms with Crippen LogP contribution in [0.25, 0.3) is 11.0 Å². The standard InChI is InChI=1S/C10H12FN3/c1-6(12)10-13-8-5-7(11)3-4-9(8)14(10)2/h3-6H,12H2,1-2H3/t6-/m0/s1. The van der Waals surface area contributed by atoms with Crippen LogP contribution in [0.4, 0.5) is 4.39 Å². The predicted octanol–water partition coefficient (Wildman–Crippen LogP) is 1.73. The average Bonchev–Trinajstić information content (AvgIpc) is 2.43. The number of aryl methyl sites for hydroxylation is 1. The number of hydrogen-bond donors (Lipinski definition) is 1. The molecule has 3 nitrogen and oxygen atoms in total. The average molecular weight is 193 g/mol. The van der Waals surface area contributed by atoms with Crippen LogP contribution in [0.15, 0.2) is 18.2 Å². The number of hydrogen-bond acceptors (Lipinski definition) is 2. The number of aromatic nitrogens is 2. The van der Waals surface area contributed by atoms with Crippen LogP contribution in [0.1, 0.15) is 18.8 Å². The Morgan fingerprint density at radius 2 is 2.21 bits per heavy atom. The maximum Gasteiger partial charge on any atom is 0.126 e. The van der Waals surface area contributed by atoms with Crippen molar-refractivity contribution < 1.29 is 4.39 Å². The molecule has 14 heavy (non-hydrogen) atoms. The second-order valence-electron chi connectivity index (χ2n) is 3.45. The molecule has 1 aromatic carbocycles. The number of halogens is 1. The molecule has 1 heterocycles. The summed E-state index contributed by atoms with van der Waals surface area (Å²) >= 11 is 0. The number of nitrogens with two attached hydrogens (primary N) is 1. The molecule has 0 aliphatic heterocycles. The highest BCUT2D eigenvalue weighted by molar-refractivity contribution is 5.76. The number of fused-ring (bicyclic) bond motifs is 1. The van der Waals surface area contributed by atoms with Gasteiger partial charge in [0.1, 0.15) is 11.6 Å². The summed E-state index contributed by atoms with van der Waals surface area (Å²) < 4.78 is 14.8. The summed E-state index contributed by atoms with van der Waals surface area (Å²) in [6.07, 6.45) is 0. The molecule has 1 atom stereocenters. The van der Waals surface area contributed by atoms with Crippen molar-refractivity contribution in [3.63, 3.8) is 0 Å². The zero-order valence-corrected chi connectivity index (χ0v) is 8.16. The van der Waals surface area contributed by atoms with Gasteiger partial charge in [-0.15, -0.1) is 0 Å². The topological polar surface area (TPSA) is 43.8 Å². The molecule has 1 aromatic heterocycles. The lowest BCUT2D eigenvalue weighted by Crippen LogP contribution is -2.11. The van der Waals surface area contributed by atoms with E-state index in [1.807, 2.05) is 18.5 Å². The first-order chi connectivity index (χ1) is 6.59. The molecule has 0 aliphatic rings. The SMILES string of the molecule is C[C@H](N)c1nc2cc(F)ccc2n1C. The Labute approximate surface area is 81.4 Å². The fourth-order valence-electron chi connectivity index (χ4n) is 1.60. The Balaban J connectivity index is 2.73. The van der Waals surface area contributed by atoms with Gasteiger partial charge >= 0.3 is 0 Å². The van der Waals surface area contributed by atoms with E-state index < -0.39 is 0 Å². The van der Waals surface area contributed by atoms with E-state index >= 15 is 0 Å². The normalized spacial score (nSPS) is 13.4. The second-order valence-corrected chi connectivity index (χ2v) is 3.45. The summed E-state index contributed by atoms with van der Waals surface area (Å²) in [6.45, 7) is 1.86. The third kappa shape index (κ3) is 1.28. The Bertz CT molecular complexity index is 473. The molecule has 0 radical (unpaired) electrons. The minimum Gasteiger partial charge on any atom is -0.330 e. The minimum absolute atomic E-state index is 0.143. The van der Waals surface area contributed by atoms with Gasteiger partial charge in [-0.25, -0.2) is 9.37 Å². The largest absolute Gasteiger partial charge is 0.330 e. The summed E-state index contributed by atoms with van der Waals surface area (Å²) in [5.74, 6) is 0.498. The molecule has 0 aliphatic carbocycles. The second kappa shape index (κ2) is 3.06. The van der Waals surface area contributed by atoms with Crippen LogP contribution in [0.3, 0.4) is 0 Å². The monoisotopic (exact) mass is 193 g/mol. The minimum atomic E-state index is -0.271. The zero-order valence-electron chi connectivity index (χ0n) is 8.16. The van der Waals surface area contributed by atoms with Crippen LogP contribution < -0.4 is 5.73 Å². The molecule has 0 fully saturated rings. The van der Waals surface area contributed by atoms with Crippen molar-refractivity contribution in [1.29, 1.82) is 0 Å². The van der Waals surface area contributed by atoms with Gasteiger partial charge in [-0.3, -0.25) is 0 Å². The Kier molecular flexibility index (Phi) is 2.00. The molecular weight excluding hydrogens is 181 g/mol. The van der Waals surface area contributed by atoms with Crippen LogP contribution in [0, 0.1) is 5.82 Å². The number of rotatable bonds is 1. The molecule has 4 heteroatoms. The van der Waals surface area contributed by atoms with E-state index in [0.29, 0.717) is 5.52 Å². The van der Waals surface area contributed by atoms with Crippen LogP contribution in [-0.4, -0.2) is 9.55 Å². The molecule has 2 N–H and O–H groups in total. The van der Waals surface area contributed by atoms with Crippen LogP contribution >= 0.6 is 0 Å². The molecule has 0 bridgehead atoms. The van der Waals surface area contributed by atoms with E-state index in [4.69, 9.17) is 5.73 Å². The van der Waals surface area contributed by atoms with Crippen molar-refractivity contribution in [2.24, 2.45) is 12.8 Å². The summed E-state index contributed by atoms with van der Waals surface area (Å²) in [5, 5.41) is 0. The van der Waals surface area contributed by atoms with Gasteiger partial charge in [0.15, 0.2) is 0 Å².